The van der Waals surface area contributed by atoms with Crippen LogP contribution in [-0.4, -0.2) is 28.4 Å². The Morgan fingerprint density at radius 1 is 1.53 bits per heavy atom. The number of nitrogens with zero attached hydrogens (tertiary/aromatic N) is 1. The summed E-state index contributed by atoms with van der Waals surface area (Å²) in [5, 5.41) is 30.3. The van der Waals surface area contributed by atoms with Crippen LogP contribution in [0.5, 0.6) is 11.5 Å². The van der Waals surface area contributed by atoms with Gasteiger partial charge in [0.1, 0.15) is 0 Å². The Hall–Kier alpha value is -1.57. The maximum absolute atomic E-state index is 10.8. The predicted octanol–water partition coefficient (Wildman–Crippen LogP) is 1.50. The van der Waals surface area contributed by atoms with Crippen molar-refractivity contribution in [3.8, 4) is 11.5 Å². The highest BCUT2D eigenvalue weighted by Crippen LogP contribution is 2.38. The van der Waals surface area contributed by atoms with Crippen molar-refractivity contribution in [1.29, 1.82) is 0 Å². The first kappa shape index (κ1) is 17.4. The van der Waals surface area contributed by atoms with E-state index >= 15 is 0 Å². The van der Waals surface area contributed by atoms with Crippen LogP contribution in [0.2, 0.25) is 0 Å². The Balaban J connectivity index is 0.00000324. The molecule has 0 aliphatic carbocycles. The molecule has 0 bridgehead atoms. The van der Waals surface area contributed by atoms with E-state index in [0.29, 0.717) is 6.42 Å². The van der Waals surface area contributed by atoms with Gasteiger partial charge in [0.2, 0.25) is 0 Å². The minimum Gasteiger partial charge on any atom is -0.504 e. The number of benzene rings is 1. The standard InChI is InChI=1S/C11H16N2O5.ClH/c1-3-8(14)10(12)7-4-6(13(16)17)5-9(18-2)11(7)15;/h4-5,8,10,14-15H,3,12H2,1-2H3;1H/t8-,10+;/m1./s1. The molecule has 0 spiro atoms. The van der Waals surface area contributed by atoms with Crippen molar-refractivity contribution in [1.82, 2.24) is 0 Å². The van der Waals surface area contributed by atoms with Crippen molar-refractivity contribution in [2.75, 3.05) is 7.11 Å². The number of methoxy groups -OCH3 is 1. The van der Waals surface area contributed by atoms with Crippen LogP contribution < -0.4 is 10.5 Å². The number of aromatic hydroxyl groups is 1. The number of nitro benzene ring substituents is 1. The van der Waals surface area contributed by atoms with E-state index in [9.17, 15) is 20.3 Å². The van der Waals surface area contributed by atoms with Gasteiger partial charge < -0.3 is 20.7 Å². The van der Waals surface area contributed by atoms with E-state index in [1.165, 1.54) is 7.11 Å². The minimum absolute atomic E-state index is 0. The summed E-state index contributed by atoms with van der Waals surface area (Å²) >= 11 is 0. The second-order valence-corrected chi connectivity index (χ2v) is 3.84. The van der Waals surface area contributed by atoms with Gasteiger partial charge in [-0.1, -0.05) is 6.92 Å². The highest BCUT2D eigenvalue weighted by Gasteiger charge is 2.24. The number of phenolic OH excluding ortho intramolecular Hbond substituents is 1. The molecule has 1 rings (SSSR count). The number of phenols is 1. The summed E-state index contributed by atoms with van der Waals surface area (Å²) in [5.74, 6) is -0.332. The van der Waals surface area contributed by atoms with Gasteiger partial charge >= 0.3 is 0 Å². The normalized spacial score (nSPS) is 13.3. The zero-order valence-corrected chi connectivity index (χ0v) is 11.4. The van der Waals surface area contributed by atoms with Crippen molar-refractivity contribution in [2.24, 2.45) is 5.73 Å². The molecular formula is C11H17ClN2O5. The lowest BCUT2D eigenvalue weighted by Crippen LogP contribution is -2.25. The number of non-ortho nitro benzene ring substituents is 1. The van der Waals surface area contributed by atoms with Crippen LogP contribution in [0.15, 0.2) is 12.1 Å². The molecular weight excluding hydrogens is 276 g/mol. The van der Waals surface area contributed by atoms with E-state index < -0.39 is 17.1 Å². The van der Waals surface area contributed by atoms with Gasteiger partial charge in [-0.2, -0.15) is 0 Å². The van der Waals surface area contributed by atoms with Crippen molar-refractivity contribution >= 4 is 18.1 Å². The smallest absolute Gasteiger partial charge is 0.273 e. The SMILES string of the molecule is CC[C@@H](O)[C@@H](N)c1cc([N+](=O)[O-])cc(OC)c1O.Cl. The largest absolute Gasteiger partial charge is 0.504 e. The number of aliphatic hydroxyl groups is 1. The van der Waals surface area contributed by atoms with Gasteiger partial charge in [-0.3, -0.25) is 10.1 Å². The van der Waals surface area contributed by atoms with Crippen LogP contribution in [0.1, 0.15) is 24.9 Å². The van der Waals surface area contributed by atoms with Crippen LogP contribution in [0.4, 0.5) is 5.69 Å². The monoisotopic (exact) mass is 292 g/mol. The topological polar surface area (TPSA) is 119 Å². The van der Waals surface area contributed by atoms with Crippen LogP contribution in [-0.2, 0) is 0 Å². The Morgan fingerprint density at radius 2 is 2.11 bits per heavy atom. The molecule has 0 unspecified atom stereocenters. The molecule has 8 heteroatoms. The van der Waals surface area contributed by atoms with Gasteiger partial charge in [-0.15, -0.1) is 12.4 Å². The van der Waals surface area contributed by atoms with E-state index in [1.54, 1.807) is 6.92 Å². The summed E-state index contributed by atoms with van der Waals surface area (Å²) in [7, 11) is 1.28. The number of rotatable bonds is 5. The lowest BCUT2D eigenvalue weighted by atomic mass is 9.98. The molecule has 0 heterocycles. The first-order valence-electron chi connectivity index (χ1n) is 5.41. The van der Waals surface area contributed by atoms with Gasteiger partial charge in [0, 0.05) is 11.6 Å². The van der Waals surface area contributed by atoms with Gasteiger partial charge in [0.15, 0.2) is 11.5 Å². The summed E-state index contributed by atoms with van der Waals surface area (Å²) in [4.78, 5) is 10.1. The highest BCUT2D eigenvalue weighted by molar-refractivity contribution is 5.85. The van der Waals surface area contributed by atoms with E-state index in [1.807, 2.05) is 0 Å². The average Bonchev–Trinajstić information content (AvgIpc) is 2.36. The lowest BCUT2D eigenvalue weighted by Gasteiger charge is -2.19. The maximum Gasteiger partial charge on any atom is 0.273 e. The zero-order chi connectivity index (χ0) is 13.9. The van der Waals surface area contributed by atoms with Crippen LogP contribution >= 0.6 is 12.4 Å². The molecule has 4 N–H and O–H groups in total. The number of hydrogen-bond acceptors (Lipinski definition) is 6. The number of aliphatic hydroxyl groups excluding tert-OH is 1. The van der Waals surface area contributed by atoms with E-state index in [4.69, 9.17) is 10.5 Å². The second-order valence-electron chi connectivity index (χ2n) is 3.84. The predicted molar refractivity (Wildman–Crippen MR) is 71.8 cm³/mol. The fraction of sp³-hybridized carbons (Fsp3) is 0.455. The zero-order valence-electron chi connectivity index (χ0n) is 10.6. The quantitative estimate of drug-likeness (QED) is 0.559. The Morgan fingerprint density at radius 3 is 2.53 bits per heavy atom. The van der Waals surface area contributed by atoms with Crippen LogP contribution in [0, 0.1) is 10.1 Å². The Labute approximate surface area is 116 Å². The van der Waals surface area contributed by atoms with Gasteiger partial charge in [0.25, 0.3) is 5.69 Å². The number of ether oxygens (including phenoxy) is 1. The molecule has 1 aromatic carbocycles. The van der Waals surface area contributed by atoms with Gasteiger partial charge in [-0.05, 0) is 6.42 Å². The van der Waals surface area contributed by atoms with E-state index in [0.717, 1.165) is 12.1 Å². The average molecular weight is 293 g/mol. The summed E-state index contributed by atoms with van der Waals surface area (Å²) in [5.41, 5.74) is 5.60. The first-order valence-corrected chi connectivity index (χ1v) is 5.41. The van der Waals surface area contributed by atoms with E-state index in [-0.39, 0.29) is 35.2 Å². The molecule has 0 fully saturated rings. The minimum atomic E-state index is -0.913. The van der Waals surface area contributed by atoms with Gasteiger partial charge in [-0.25, -0.2) is 0 Å². The molecule has 0 radical (unpaired) electrons. The molecule has 0 saturated heterocycles. The van der Waals surface area contributed by atoms with Crippen molar-refractivity contribution in [2.45, 2.75) is 25.5 Å². The van der Waals surface area contributed by atoms with Gasteiger partial charge in [0.05, 0.1) is 30.2 Å². The lowest BCUT2D eigenvalue weighted by molar-refractivity contribution is -0.385. The van der Waals surface area contributed by atoms with Crippen molar-refractivity contribution < 1.29 is 19.9 Å². The highest BCUT2D eigenvalue weighted by atomic mass is 35.5. The third-order valence-corrected chi connectivity index (χ3v) is 2.71. The Bertz CT molecular complexity index is 455. The number of nitrogens with two attached hydrogens (primary N) is 1. The van der Waals surface area contributed by atoms with Crippen molar-refractivity contribution in [3.05, 3.63) is 27.8 Å². The first-order chi connectivity index (χ1) is 8.42. The summed E-state index contributed by atoms with van der Waals surface area (Å²) in [6, 6.07) is 1.33. The van der Waals surface area contributed by atoms with Crippen molar-refractivity contribution in [3.63, 3.8) is 0 Å². The molecule has 0 aromatic heterocycles. The molecule has 0 saturated carbocycles. The molecule has 0 amide bonds. The van der Waals surface area contributed by atoms with Crippen LogP contribution in [0.25, 0.3) is 0 Å². The molecule has 1 aromatic rings. The number of hydrogen-bond donors (Lipinski definition) is 3. The van der Waals surface area contributed by atoms with E-state index in [2.05, 4.69) is 0 Å². The Kier molecular flexibility index (Phi) is 6.54. The van der Waals surface area contributed by atoms with Crippen LogP contribution in [0.3, 0.4) is 0 Å². The number of halogens is 1. The fourth-order valence-corrected chi connectivity index (χ4v) is 1.59. The molecule has 7 nitrogen and oxygen atoms in total. The third-order valence-electron chi connectivity index (χ3n) is 2.71. The third kappa shape index (κ3) is 3.69. The molecule has 108 valence electrons. The molecule has 0 aliphatic heterocycles. The molecule has 2 atom stereocenters. The second kappa shape index (κ2) is 7.13. The number of nitro groups is 1. The summed E-state index contributed by atoms with van der Waals surface area (Å²) < 4.78 is 4.85. The molecule has 19 heavy (non-hydrogen) atoms. The molecule has 0 aliphatic rings. The fourth-order valence-electron chi connectivity index (χ4n) is 1.59. The summed E-state index contributed by atoms with van der Waals surface area (Å²) in [6.45, 7) is 1.72. The summed E-state index contributed by atoms with van der Waals surface area (Å²) in [6.07, 6.45) is -0.534. The maximum atomic E-state index is 10.8.